The van der Waals surface area contributed by atoms with Crippen molar-refractivity contribution in [1.82, 2.24) is 0 Å². The van der Waals surface area contributed by atoms with Gasteiger partial charge in [-0.05, 0) is 23.5 Å². The summed E-state index contributed by atoms with van der Waals surface area (Å²) in [4.78, 5) is 0. The van der Waals surface area contributed by atoms with Crippen molar-refractivity contribution in [3.63, 3.8) is 0 Å². The Morgan fingerprint density at radius 1 is 1.43 bits per heavy atom. The molecule has 1 aromatic rings. The first-order valence-electron chi connectivity index (χ1n) is 5.28. The Bertz CT molecular complexity index is 326. The Balaban J connectivity index is 2.15. The minimum absolute atomic E-state index is 0.191. The van der Waals surface area contributed by atoms with Crippen LogP contribution in [0.25, 0.3) is 6.08 Å². The minimum atomic E-state index is 0.191. The molecule has 0 aliphatic heterocycles. The van der Waals surface area contributed by atoms with E-state index in [1.165, 1.54) is 24.0 Å². The van der Waals surface area contributed by atoms with Crippen molar-refractivity contribution in [1.29, 1.82) is 0 Å². The molecule has 1 fully saturated rings. The molecule has 0 saturated heterocycles. The van der Waals surface area contributed by atoms with Crippen LogP contribution in [0.5, 0.6) is 0 Å². The smallest absolute Gasteiger partial charge is 0.0303 e. The van der Waals surface area contributed by atoms with Crippen molar-refractivity contribution in [2.24, 2.45) is 11.7 Å². The molecule has 2 rings (SSSR count). The van der Waals surface area contributed by atoms with Gasteiger partial charge in [0.05, 0.1) is 0 Å². The molecule has 0 amide bonds. The molecule has 1 saturated carbocycles. The molecule has 1 aromatic carbocycles. The maximum atomic E-state index is 6.16. The quantitative estimate of drug-likeness (QED) is 0.770. The van der Waals surface area contributed by atoms with Crippen LogP contribution in [0.3, 0.4) is 0 Å². The Morgan fingerprint density at radius 2 is 2.14 bits per heavy atom. The van der Waals surface area contributed by atoms with Gasteiger partial charge in [-0.25, -0.2) is 0 Å². The second-order valence-electron chi connectivity index (χ2n) is 4.12. The third-order valence-corrected chi connectivity index (χ3v) is 2.90. The molecule has 1 aliphatic carbocycles. The number of benzene rings is 1. The molecule has 0 aromatic heterocycles. The van der Waals surface area contributed by atoms with E-state index in [0.29, 0.717) is 0 Å². The van der Waals surface area contributed by atoms with Gasteiger partial charge in [-0.2, -0.15) is 0 Å². The van der Waals surface area contributed by atoms with Crippen LogP contribution in [0.15, 0.2) is 30.8 Å². The number of nitrogens with two attached hydrogens (primary N) is 1. The van der Waals surface area contributed by atoms with E-state index < -0.39 is 0 Å². The number of rotatable bonds is 4. The van der Waals surface area contributed by atoms with Gasteiger partial charge in [-0.1, -0.05) is 49.8 Å². The molecule has 1 unspecified atom stereocenters. The summed E-state index contributed by atoms with van der Waals surface area (Å²) in [7, 11) is 0. The van der Waals surface area contributed by atoms with E-state index in [1.54, 1.807) is 0 Å². The predicted octanol–water partition coefficient (Wildman–Crippen LogP) is 3.13. The fourth-order valence-electron chi connectivity index (χ4n) is 1.87. The number of hydrogen-bond acceptors (Lipinski definition) is 1. The molecule has 1 heteroatoms. The van der Waals surface area contributed by atoms with E-state index >= 15 is 0 Å². The van der Waals surface area contributed by atoms with Gasteiger partial charge in [0.1, 0.15) is 0 Å². The Hall–Kier alpha value is -1.08. The summed E-state index contributed by atoms with van der Waals surface area (Å²) in [5.74, 6) is 0.878. The van der Waals surface area contributed by atoms with Gasteiger partial charge < -0.3 is 5.73 Å². The third kappa shape index (κ3) is 2.05. The lowest BCUT2D eigenvalue weighted by Gasteiger charge is -2.14. The van der Waals surface area contributed by atoms with Crippen molar-refractivity contribution in [3.05, 3.63) is 42.0 Å². The van der Waals surface area contributed by atoms with Gasteiger partial charge in [0.2, 0.25) is 0 Å². The van der Waals surface area contributed by atoms with Gasteiger partial charge in [0, 0.05) is 6.04 Å². The molecule has 0 bridgehead atoms. The first-order chi connectivity index (χ1) is 6.81. The lowest BCUT2D eigenvalue weighted by molar-refractivity contribution is 0.596. The molecular formula is C13H17N. The molecule has 14 heavy (non-hydrogen) atoms. The largest absolute Gasteiger partial charge is 0.324 e. The molecule has 1 atom stereocenters. The topological polar surface area (TPSA) is 26.0 Å². The highest BCUT2D eigenvalue weighted by molar-refractivity contribution is 5.52. The zero-order valence-electron chi connectivity index (χ0n) is 8.45. The van der Waals surface area contributed by atoms with Gasteiger partial charge >= 0.3 is 0 Å². The second kappa shape index (κ2) is 3.97. The monoisotopic (exact) mass is 187 g/mol. The van der Waals surface area contributed by atoms with Crippen molar-refractivity contribution in [2.75, 3.05) is 0 Å². The zero-order valence-corrected chi connectivity index (χ0v) is 8.45. The van der Waals surface area contributed by atoms with E-state index in [9.17, 15) is 0 Å². The van der Waals surface area contributed by atoms with Crippen LogP contribution >= 0.6 is 0 Å². The van der Waals surface area contributed by atoms with Gasteiger partial charge in [-0.15, -0.1) is 0 Å². The normalized spacial score (nSPS) is 17.8. The van der Waals surface area contributed by atoms with Crippen molar-refractivity contribution < 1.29 is 0 Å². The first-order valence-corrected chi connectivity index (χ1v) is 5.28. The van der Waals surface area contributed by atoms with E-state index in [2.05, 4.69) is 24.8 Å². The van der Waals surface area contributed by atoms with Crippen molar-refractivity contribution >= 4 is 6.08 Å². The fraction of sp³-hybridized carbons (Fsp3) is 0.385. The van der Waals surface area contributed by atoms with Crippen LogP contribution in [-0.2, 0) is 0 Å². The molecule has 1 aliphatic rings. The highest BCUT2D eigenvalue weighted by Crippen LogP contribution is 2.37. The van der Waals surface area contributed by atoms with Crippen LogP contribution in [-0.4, -0.2) is 0 Å². The summed E-state index contributed by atoms with van der Waals surface area (Å²) >= 11 is 0. The van der Waals surface area contributed by atoms with Crippen molar-refractivity contribution in [3.8, 4) is 0 Å². The molecule has 2 N–H and O–H groups in total. The first kappa shape index (κ1) is 9.47. The fourth-order valence-corrected chi connectivity index (χ4v) is 1.87. The zero-order chi connectivity index (χ0) is 9.97. The van der Waals surface area contributed by atoms with E-state index in [-0.39, 0.29) is 6.04 Å². The summed E-state index contributed by atoms with van der Waals surface area (Å²) in [6.45, 7) is 3.81. The lowest BCUT2D eigenvalue weighted by atomic mass is 9.97. The van der Waals surface area contributed by atoms with E-state index in [4.69, 9.17) is 5.73 Å². The molecule has 0 spiro atoms. The summed E-state index contributed by atoms with van der Waals surface area (Å²) in [6.07, 6.45) is 5.75. The minimum Gasteiger partial charge on any atom is -0.324 e. The maximum absolute atomic E-state index is 6.16. The summed E-state index contributed by atoms with van der Waals surface area (Å²) in [5.41, 5.74) is 8.59. The average molecular weight is 187 g/mol. The lowest BCUT2D eigenvalue weighted by Crippen LogP contribution is -2.12. The standard InChI is InChI=1S/C13H17N/c1-2-11-5-3-4-6-12(11)13(14)9-10-7-8-10/h2-6,10,13H,1,7-9,14H2. The van der Waals surface area contributed by atoms with E-state index in [0.717, 1.165) is 12.3 Å². The van der Waals surface area contributed by atoms with Gasteiger partial charge in [0.15, 0.2) is 0 Å². The third-order valence-electron chi connectivity index (χ3n) is 2.90. The molecule has 74 valence electrons. The van der Waals surface area contributed by atoms with Crippen LogP contribution in [0.1, 0.15) is 36.4 Å². The van der Waals surface area contributed by atoms with Crippen LogP contribution in [0.4, 0.5) is 0 Å². The van der Waals surface area contributed by atoms with Crippen LogP contribution in [0, 0.1) is 5.92 Å². The molecule has 0 radical (unpaired) electrons. The summed E-state index contributed by atoms with van der Waals surface area (Å²) in [6, 6.07) is 8.47. The van der Waals surface area contributed by atoms with Gasteiger partial charge in [-0.3, -0.25) is 0 Å². The van der Waals surface area contributed by atoms with E-state index in [1.807, 2.05) is 12.1 Å². The molecule has 1 nitrogen and oxygen atoms in total. The van der Waals surface area contributed by atoms with Crippen LogP contribution < -0.4 is 5.73 Å². The summed E-state index contributed by atoms with van der Waals surface area (Å²) < 4.78 is 0. The summed E-state index contributed by atoms with van der Waals surface area (Å²) in [5, 5.41) is 0. The molecule has 0 heterocycles. The average Bonchev–Trinajstić information content (AvgIpc) is 3.01. The van der Waals surface area contributed by atoms with Crippen molar-refractivity contribution in [2.45, 2.75) is 25.3 Å². The SMILES string of the molecule is C=Cc1ccccc1C(N)CC1CC1. The Labute approximate surface area is 85.6 Å². The van der Waals surface area contributed by atoms with Crippen LogP contribution in [0.2, 0.25) is 0 Å². The number of hydrogen-bond donors (Lipinski definition) is 1. The highest BCUT2D eigenvalue weighted by Gasteiger charge is 2.24. The maximum Gasteiger partial charge on any atom is 0.0303 e. The van der Waals surface area contributed by atoms with Gasteiger partial charge in [0.25, 0.3) is 0 Å². The highest BCUT2D eigenvalue weighted by atomic mass is 14.6. The Kier molecular flexibility index (Phi) is 2.69. The Morgan fingerprint density at radius 3 is 2.79 bits per heavy atom. The molecular weight excluding hydrogens is 170 g/mol. The second-order valence-corrected chi connectivity index (χ2v) is 4.12. The predicted molar refractivity (Wildman–Crippen MR) is 60.8 cm³/mol.